The van der Waals surface area contributed by atoms with Crippen LogP contribution in [0.5, 0.6) is 0 Å². The van der Waals surface area contributed by atoms with E-state index >= 15 is 0 Å². The van der Waals surface area contributed by atoms with Crippen molar-refractivity contribution in [2.75, 3.05) is 6.54 Å². The average Bonchev–Trinajstić information content (AvgIpc) is 3.02. The van der Waals surface area contributed by atoms with Gasteiger partial charge in [-0.05, 0) is 43.5 Å². The van der Waals surface area contributed by atoms with E-state index < -0.39 is 10.0 Å². The number of sulfonamides is 1. The topological polar surface area (TPSA) is 72.2 Å². The van der Waals surface area contributed by atoms with E-state index in [-0.39, 0.29) is 18.4 Å². The van der Waals surface area contributed by atoms with Crippen LogP contribution in [0.1, 0.15) is 18.4 Å². The third kappa shape index (κ3) is 3.96. The first-order valence-electron chi connectivity index (χ1n) is 5.43. The van der Waals surface area contributed by atoms with Crippen LogP contribution in [0.15, 0.2) is 29.2 Å². The Morgan fingerprint density at radius 3 is 2.29 bits per heavy atom. The standard InChI is InChI=1S/C11H16N2O2S.ClH/c12-8-7-9-1-5-11(6-2-9)16(14,15)13-10-3-4-10;/h1-2,5-6,10,13H,3-4,7-8,12H2;1H. The van der Waals surface area contributed by atoms with Gasteiger partial charge < -0.3 is 5.73 Å². The Kier molecular flexibility index (Phi) is 4.94. The Hall–Kier alpha value is -0.620. The van der Waals surface area contributed by atoms with Gasteiger partial charge in [0, 0.05) is 6.04 Å². The Morgan fingerprint density at radius 1 is 1.24 bits per heavy atom. The van der Waals surface area contributed by atoms with E-state index in [2.05, 4.69) is 4.72 Å². The highest BCUT2D eigenvalue weighted by molar-refractivity contribution is 7.89. The summed E-state index contributed by atoms with van der Waals surface area (Å²) in [6.45, 7) is 0.576. The highest BCUT2D eigenvalue weighted by atomic mass is 35.5. The van der Waals surface area contributed by atoms with Crippen molar-refractivity contribution >= 4 is 22.4 Å². The van der Waals surface area contributed by atoms with Gasteiger partial charge in [0.2, 0.25) is 10.0 Å². The van der Waals surface area contributed by atoms with Gasteiger partial charge in [-0.25, -0.2) is 13.1 Å². The van der Waals surface area contributed by atoms with E-state index in [1.54, 1.807) is 12.1 Å². The summed E-state index contributed by atoms with van der Waals surface area (Å²) in [5, 5.41) is 0. The van der Waals surface area contributed by atoms with E-state index in [9.17, 15) is 8.42 Å². The first-order chi connectivity index (χ1) is 7.62. The molecule has 0 spiro atoms. The first-order valence-corrected chi connectivity index (χ1v) is 6.91. The van der Waals surface area contributed by atoms with Crippen molar-refractivity contribution in [1.29, 1.82) is 0 Å². The van der Waals surface area contributed by atoms with Gasteiger partial charge in [-0.3, -0.25) is 0 Å². The molecule has 1 aromatic carbocycles. The molecule has 1 aliphatic rings. The molecule has 3 N–H and O–H groups in total. The van der Waals surface area contributed by atoms with Gasteiger partial charge in [-0.2, -0.15) is 0 Å². The number of hydrogen-bond donors (Lipinski definition) is 2. The van der Waals surface area contributed by atoms with Gasteiger partial charge in [0.15, 0.2) is 0 Å². The number of hydrogen-bond acceptors (Lipinski definition) is 3. The van der Waals surface area contributed by atoms with Crippen LogP contribution < -0.4 is 10.5 Å². The smallest absolute Gasteiger partial charge is 0.240 e. The van der Waals surface area contributed by atoms with Crippen LogP contribution in [0.2, 0.25) is 0 Å². The van der Waals surface area contributed by atoms with Gasteiger partial charge in [0.05, 0.1) is 4.90 Å². The van der Waals surface area contributed by atoms with Crippen molar-refractivity contribution in [3.05, 3.63) is 29.8 Å². The molecule has 1 saturated carbocycles. The lowest BCUT2D eigenvalue weighted by molar-refractivity contribution is 0.581. The number of nitrogens with two attached hydrogens (primary N) is 1. The van der Waals surface area contributed by atoms with Crippen LogP contribution in [0, 0.1) is 0 Å². The molecule has 1 aliphatic carbocycles. The zero-order valence-corrected chi connectivity index (χ0v) is 11.1. The number of benzene rings is 1. The molecule has 96 valence electrons. The van der Waals surface area contributed by atoms with Crippen molar-refractivity contribution < 1.29 is 8.42 Å². The molecule has 1 fully saturated rings. The highest BCUT2D eigenvalue weighted by Gasteiger charge is 2.27. The second-order valence-electron chi connectivity index (χ2n) is 4.08. The third-order valence-electron chi connectivity index (χ3n) is 2.57. The summed E-state index contributed by atoms with van der Waals surface area (Å²) < 4.78 is 26.3. The van der Waals surface area contributed by atoms with Crippen LogP contribution in [0.25, 0.3) is 0 Å². The maximum atomic E-state index is 11.8. The molecule has 0 aromatic heterocycles. The molecule has 2 rings (SSSR count). The maximum absolute atomic E-state index is 11.8. The molecule has 0 amide bonds. The molecule has 0 saturated heterocycles. The molecule has 0 radical (unpaired) electrons. The maximum Gasteiger partial charge on any atom is 0.240 e. The zero-order chi connectivity index (χ0) is 11.6. The summed E-state index contributed by atoms with van der Waals surface area (Å²) in [6.07, 6.45) is 2.67. The zero-order valence-electron chi connectivity index (χ0n) is 9.43. The van der Waals surface area contributed by atoms with Crippen LogP contribution in [-0.4, -0.2) is 21.0 Å². The predicted molar refractivity (Wildman–Crippen MR) is 69.8 cm³/mol. The summed E-state index contributed by atoms with van der Waals surface area (Å²) in [5.74, 6) is 0. The minimum atomic E-state index is -3.31. The van der Waals surface area contributed by atoms with Gasteiger partial charge in [0.1, 0.15) is 0 Å². The monoisotopic (exact) mass is 276 g/mol. The summed E-state index contributed by atoms with van der Waals surface area (Å²) in [7, 11) is -3.31. The lowest BCUT2D eigenvalue weighted by atomic mass is 10.2. The van der Waals surface area contributed by atoms with Crippen LogP contribution in [-0.2, 0) is 16.4 Å². The first kappa shape index (κ1) is 14.4. The molecule has 4 nitrogen and oxygen atoms in total. The van der Waals surface area contributed by atoms with Crippen molar-refractivity contribution in [1.82, 2.24) is 4.72 Å². The minimum Gasteiger partial charge on any atom is -0.330 e. The van der Waals surface area contributed by atoms with E-state index in [0.717, 1.165) is 24.8 Å². The molecule has 0 atom stereocenters. The van der Waals surface area contributed by atoms with Crippen molar-refractivity contribution in [3.63, 3.8) is 0 Å². The summed E-state index contributed by atoms with van der Waals surface area (Å²) in [6, 6.07) is 7.04. The molecule has 0 unspecified atom stereocenters. The highest BCUT2D eigenvalue weighted by Crippen LogP contribution is 2.22. The Morgan fingerprint density at radius 2 is 1.82 bits per heavy atom. The van der Waals surface area contributed by atoms with Crippen LogP contribution >= 0.6 is 12.4 Å². The lowest BCUT2D eigenvalue weighted by Crippen LogP contribution is -2.25. The van der Waals surface area contributed by atoms with Crippen molar-refractivity contribution in [2.45, 2.75) is 30.2 Å². The lowest BCUT2D eigenvalue weighted by Gasteiger charge is -2.06. The fourth-order valence-electron chi connectivity index (χ4n) is 1.49. The predicted octanol–water partition coefficient (Wildman–Crippen LogP) is 1.05. The van der Waals surface area contributed by atoms with E-state index in [0.29, 0.717) is 11.4 Å². The molecule has 1 aromatic rings. The Labute approximate surface area is 108 Å². The Bertz CT molecular complexity index is 455. The van der Waals surface area contributed by atoms with Gasteiger partial charge in [-0.1, -0.05) is 12.1 Å². The second kappa shape index (κ2) is 5.82. The number of rotatable bonds is 5. The van der Waals surface area contributed by atoms with Crippen LogP contribution in [0.4, 0.5) is 0 Å². The van der Waals surface area contributed by atoms with Crippen LogP contribution in [0.3, 0.4) is 0 Å². The molecule has 17 heavy (non-hydrogen) atoms. The largest absolute Gasteiger partial charge is 0.330 e. The second-order valence-corrected chi connectivity index (χ2v) is 5.79. The fourth-order valence-corrected chi connectivity index (χ4v) is 2.80. The molecule has 0 heterocycles. The van der Waals surface area contributed by atoms with E-state index in [1.807, 2.05) is 12.1 Å². The van der Waals surface area contributed by atoms with E-state index in [4.69, 9.17) is 5.73 Å². The minimum absolute atomic E-state index is 0. The fraction of sp³-hybridized carbons (Fsp3) is 0.455. The summed E-state index contributed by atoms with van der Waals surface area (Å²) in [4.78, 5) is 0.333. The van der Waals surface area contributed by atoms with E-state index in [1.165, 1.54) is 0 Å². The molecular formula is C11H17ClN2O2S. The number of halogens is 1. The Balaban J connectivity index is 0.00000144. The summed E-state index contributed by atoms with van der Waals surface area (Å²) in [5.41, 5.74) is 6.49. The SMILES string of the molecule is Cl.NCCc1ccc(S(=O)(=O)NC2CC2)cc1. The molecule has 0 bridgehead atoms. The van der Waals surface area contributed by atoms with Gasteiger partial charge >= 0.3 is 0 Å². The molecular weight excluding hydrogens is 260 g/mol. The quantitative estimate of drug-likeness (QED) is 0.844. The van der Waals surface area contributed by atoms with Crippen molar-refractivity contribution in [3.8, 4) is 0 Å². The van der Waals surface area contributed by atoms with Gasteiger partial charge in [-0.15, -0.1) is 12.4 Å². The molecule has 6 heteroatoms. The van der Waals surface area contributed by atoms with Gasteiger partial charge in [0.25, 0.3) is 0 Å². The number of nitrogens with one attached hydrogen (secondary N) is 1. The summed E-state index contributed by atoms with van der Waals surface area (Å²) >= 11 is 0. The van der Waals surface area contributed by atoms with Crippen molar-refractivity contribution in [2.24, 2.45) is 5.73 Å². The third-order valence-corrected chi connectivity index (χ3v) is 4.10. The normalized spacial score (nSPS) is 15.4. The average molecular weight is 277 g/mol. The molecule has 0 aliphatic heterocycles.